The monoisotopic (exact) mass is 359 g/mol. The molecule has 1 saturated heterocycles. The molecule has 5 heteroatoms. The molecule has 1 aliphatic heterocycles. The summed E-state index contributed by atoms with van der Waals surface area (Å²) in [6, 6.07) is 5.84. The van der Waals surface area contributed by atoms with Crippen LogP contribution in [0.4, 0.5) is 5.69 Å². The Bertz CT molecular complexity index is 450. The summed E-state index contributed by atoms with van der Waals surface area (Å²) in [5, 5.41) is 2.99. The number of nitrogens with two attached hydrogens (primary N) is 1. The van der Waals surface area contributed by atoms with Gasteiger partial charge >= 0.3 is 0 Å². The lowest BCUT2D eigenvalue weighted by Crippen LogP contribution is -2.38. The van der Waals surface area contributed by atoms with Gasteiger partial charge in [0.1, 0.15) is 0 Å². The zero-order valence-corrected chi connectivity index (χ0v) is 12.6. The number of nitrogen functional groups attached to an aromatic ring is 1. The Labute approximate surface area is 121 Å². The number of amides is 1. The van der Waals surface area contributed by atoms with Gasteiger partial charge in [-0.3, -0.25) is 4.79 Å². The number of rotatable bonds is 3. The largest absolute Gasteiger partial charge is 0.398 e. The number of halogens is 1. The summed E-state index contributed by atoms with van der Waals surface area (Å²) in [7, 11) is 2.11. The van der Waals surface area contributed by atoms with Gasteiger partial charge in [0.15, 0.2) is 0 Å². The van der Waals surface area contributed by atoms with Gasteiger partial charge in [-0.2, -0.15) is 0 Å². The average Bonchev–Trinajstić information content (AvgIpc) is 2.75. The maximum atomic E-state index is 12.0. The number of nitrogens with zero attached hydrogens (tertiary/aromatic N) is 1. The number of likely N-dealkylation sites (N-methyl/N-ethyl adjacent to an activating group) is 1. The molecule has 0 radical (unpaired) electrons. The maximum Gasteiger partial charge on any atom is 0.251 e. The molecule has 98 valence electrons. The quantitative estimate of drug-likeness (QED) is 0.638. The zero-order valence-electron chi connectivity index (χ0n) is 10.4. The third-order valence-electron chi connectivity index (χ3n) is 3.43. The van der Waals surface area contributed by atoms with E-state index in [4.69, 9.17) is 5.73 Å². The van der Waals surface area contributed by atoms with Gasteiger partial charge in [0.2, 0.25) is 0 Å². The minimum absolute atomic E-state index is 0.0202. The van der Waals surface area contributed by atoms with E-state index in [-0.39, 0.29) is 5.91 Å². The van der Waals surface area contributed by atoms with Crippen molar-refractivity contribution in [3.63, 3.8) is 0 Å². The van der Waals surface area contributed by atoms with Crippen LogP contribution in [0.1, 0.15) is 23.2 Å². The Kier molecular flexibility index (Phi) is 4.45. The molecule has 0 spiro atoms. The Morgan fingerprint density at radius 1 is 1.61 bits per heavy atom. The van der Waals surface area contributed by atoms with E-state index in [1.807, 2.05) is 6.07 Å². The molecule has 0 aromatic heterocycles. The lowest BCUT2D eigenvalue weighted by atomic mass is 10.2. The summed E-state index contributed by atoms with van der Waals surface area (Å²) in [6.07, 6.45) is 2.38. The molecule has 2 rings (SSSR count). The molecule has 4 nitrogen and oxygen atoms in total. The molecule has 1 aliphatic rings. The molecule has 1 aromatic rings. The molecule has 0 aliphatic carbocycles. The van der Waals surface area contributed by atoms with Gasteiger partial charge < -0.3 is 16.0 Å². The van der Waals surface area contributed by atoms with E-state index in [0.29, 0.717) is 17.3 Å². The molecular formula is C13H18IN3O. The van der Waals surface area contributed by atoms with E-state index in [9.17, 15) is 4.79 Å². The van der Waals surface area contributed by atoms with E-state index in [1.54, 1.807) is 12.1 Å². The van der Waals surface area contributed by atoms with Crippen molar-refractivity contribution in [1.29, 1.82) is 0 Å². The molecule has 18 heavy (non-hydrogen) atoms. The highest BCUT2D eigenvalue weighted by atomic mass is 127. The summed E-state index contributed by atoms with van der Waals surface area (Å²) in [5.41, 5.74) is 7.12. The van der Waals surface area contributed by atoms with Crippen LogP contribution in [0.5, 0.6) is 0 Å². The first-order chi connectivity index (χ1) is 8.58. The van der Waals surface area contributed by atoms with Gasteiger partial charge in [0.05, 0.1) is 0 Å². The third kappa shape index (κ3) is 3.14. The second-order valence-corrected chi connectivity index (χ2v) is 5.89. The minimum atomic E-state index is -0.0202. The minimum Gasteiger partial charge on any atom is -0.398 e. The Hall–Kier alpha value is -0.820. The number of likely N-dealkylation sites (tertiary alicyclic amines) is 1. The number of benzene rings is 1. The van der Waals surface area contributed by atoms with Crippen molar-refractivity contribution in [1.82, 2.24) is 10.2 Å². The SMILES string of the molecule is CN1CCCC1CNC(=O)c1ccc(N)c(I)c1. The second kappa shape index (κ2) is 5.88. The molecule has 1 aromatic carbocycles. The fourth-order valence-corrected chi connectivity index (χ4v) is 2.73. The number of nitrogens with one attached hydrogen (secondary N) is 1. The summed E-state index contributed by atoms with van der Waals surface area (Å²) < 4.78 is 0.915. The van der Waals surface area contributed by atoms with Crippen molar-refractivity contribution in [2.24, 2.45) is 0 Å². The topological polar surface area (TPSA) is 58.4 Å². The predicted octanol–water partition coefficient (Wildman–Crippen LogP) is 1.70. The van der Waals surface area contributed by atoms with Crippen molar-refractivity contribution in [2.45, 2.75) is 18.9 Å². The molecule has 0 bridgehead atoms. The van der Waals surface area contributed by atoms with Crippen molar-refractivity contribution in [3.05, 3.63) is 27.3 Å². The van der Waals surface area contributed by atoms with E-state index < -0.39 is 0 Å². The third-order valence-corrected chi connectivity index (χ3v) is 4.37. The van der Waals surface area contributed by atoms with E-state index in [2.05, 4.69) is 39.9 Å². The standard InChI is InChI=1S/C13H18IN3O/c1-17-6-2-3-10(17)8-16-13(18)9-4-5-12(15)11(14)7-9/h4-5,7,10H,2-3,6,8,15H2,1H3,(H,16,18). The number of anilines is 1. The lowest BCUT2D eigenvalue weighted by molar-refractivity contribution is 0.0943. The van der Waals surface area contributed by atoms with Crippen LogP contribution < -0.4 is 11.1 Å². The fourth-order valence-electron chi connectivity index (χ4n) is 2.22. The van der Waals surface area contributed by atoms with Crippen LogP contribution in [0, 0.1) is 3.57 Å². The Morgan fingerprint density at radius 2 is 2.39 bits per heavy atom. The average molecular weight is 359 g/mol. The number of carbonyl (C=O) groups excluding carboxylic acids is 1. The zero-order chi connectivity index (χ0) is 13.1. The van der Waals surface area contributed by atoms with Crippen LogP contribution >= 0.6 is 22.6 Å². The van der Waals surface area contributed by atoms with Crippen LogP contribution in [0.25, 0.3) is 0 Å². The summed E-state index contributed by atoms with van der Waals surface area (Å²) in [4.78, 5) is 14.3. The normalized spacial score (nSPS) is 20.0. The van der Waals surface area contributed by atoms with Crippen LogP contribution in [0.15, 0.2) is 18.2 Å². The second-order valence-electron chi connectivity index (χ2n) is 4.72. The first-order valence-corrected chi connectivity index (χ1v) is 7.19. The van der Waals surface area contributed by atoms with Gasteiger partial charge in [-0.05, 0) is 67.2 Å². The van der Waals surface area contributed by atoms with Crippen molar-refractivity contribution in [2.75, 3.05) is 25.9 Å². The van der Waals surface area contributed by atoms with Crippen molar-refractivity contribution in [3.8, 4) is 0 Å². The highest BCUT2D eigenvalue weighted by Gasteiger charge is 2.21. The molecule has 1 amide bonds. The molecule has 1 atom stereocenters. The molecule has 3 N–H and O–H groups in total. The fraction of sp³-hybridized carbons (Fsp3) is 0.462. The van der Waals surface area contributed by atoms with Crippen molar-refractivity contribution >= 4 is 34.2 Å². The van der Waals surface area contributed by atoms with E-state index in [1.165, 1.54) is 6.42 Å². The molecular weight excluding hydrogens is 341 g/mol. The van der Waals surface area contributed by atoms with E-state index in [0.717, 1.165) is 23.1 Å². The number of carbonyl (C=O) groups is 1. The van der Waals surface area contributed by atoms with Crippen LogP contribution in [-0.2, 0) is 0 Å². The summed E-state index contributed by atoms with van der Waals surface area (Å²) >= 11 is 2.14. The summed E-state index contributed by atoms with van der Waals surface area (Å²) in [6.45, 7) is 1.84. The molecule has 1 fully saturated rings. The maximum absolute atomic E-state index is 12.0. The van der Waals surface area contributed by atoms with Crippen LogP contribution in [0.3, 0.4) is 0 Å². The highest BCUT2D eigenvalue weighted by molar-refractivity contribution is 14.1. The molecule has 1 unspecified atom stereocenters. The smallest absolute Gasteiger partial charge is 0.251 e. The highest BCUT2D eigenvalue weighted by Crippen LogP contribution is 2.17. The first kappa shape index (κ1) is 13.6. The van der Waals surface area contributed by atoms with Gasteiger partial charge in [0, 0.05) is 27.4 Å². The van der Waals surface area contributed by atoms with Gasteiger partial charge in [-0.15, -0.1) is 0 Å². The Morgan fingerprint density at radius 3 is 3.00 bits per heavy atom. The van der Waals surface area contributed by atoms with Gasteiger partial charge in [0.25, 0.3) is 5.91 Å². The van der Waals surface area contributed by atoms with Crippen molar-refractivity contribution < 1.29 is 4.79 Å². The summed E-state index contributed by atoms with van der Waals surface area (Å²) in [5.74, 6) is -0.0202. The van der Waals surface area contributed by atoms with E-state index >= 15 is 0 Å². The lowest BCUT2D eigenvalue weighted by Gasteiger charge is -2.19. The predicted molar refractivity (Wildman–Crippen MR) is 81.6 cm³/mol. The number of hydrogen-bond acceptors (Lipinski definition) is 3. The first-order valence-electron chi connectivity index (χ1n) is 6.11. The van der Waals surface area contributed by atoms with Crippen LogP contribution in [0.2, 0.25) is 0 Å². The Balaban J connectivity index is 1.93. The van der Waals surface area contributed by atoms with Gasteiger partial charge in [-0.25, -0.2) is 0 Å². The molecule has 1 heterocycles. The van der Waals surface area contributed by atoms with Crippen LogP contribution in [-0.4, -0.2) is 37.0 Å². The number of hydrogen-bond donors (Lipinski definition) is 2. The molecule has 0 saturated carbocycles. The van der Waals surface area contributed by atoms with Gasteiger partial charge in [-0.1, -0.05) is 0 Å².